The van der Waals surface area contributed by atoms with Gasteiger partial charge in [0.1, 0.15) is 5.82 Å². The summed E-state index contributed by atoms with van der Waals surface area (Å²) in [6.07, 6.45) is 1.93. The van der Waals surface area contributed by atoms with Crippen LogP contribution in [0.15, 0.2) is 18.3 Å². The maximum atomic E-state index is 4.52. The van der Waals surface area contributed by atoms with Gasteiger partial charge in [0.05, 0.1) is 17.4 Å². The van der Waals surface area contributed by atoms with E-state index in [0.29, 0.717) is 0 Å². The number of aryl methyl sites for hydroxylation is 3. The molecule has 1 aromatic carbocycles. The monoisotopic (exact) mass is 257 g/mol. The molecule has 0 aliphatic heterocycles. The molecule has 0 aliphatic carbocycles. The third kappa shape index (κ3) is 2.56. The minimum Gasteiger partial charge on any atom is -0.340 e. The Morgan fingerprint density at radius 1 is 1.11 bits per heavy atom. The Morgan fingerprint density at radius 3 is 2.21 bits per heavy atom. The van der Waals surface area contributed by atoms with Crippen molar-refractivity contribution in [1.29, 1.82) is 0 Å². The summed E-state index contributed by atoms with van der Waals surface area (Å²) in [5.41, 5.74) is 6.08. The molecule has 0 amide bonds. The van der Waals surface area contributed by atoms with E-state index in [4.69, 9.17) is 0 Å². The van der Waals surface area contributed by atoms with Crippen molar-refractivity contribution in [2.45, 2.75) is 40.2 Å². The molecule has 3 nitrogen and oxygen atoms in total. The number of benzene rings is 1. The second-order valence-electron chi connectivity index (χ2n) is 5.79. The Labute approximate surface area is 115 Å². The molecule has 0 unspecified atom stereocenters. The van der Waals surface area contributed by atoms with Gasteiger partial charge >= 0.3 is 0 Å². The Kier molecular flexibility index (Phi) is 3.50. The zero-order valence-electron chi connectivity index (χ0n) is 12.7. The summed E-state index contributed by atoms with van der Waals surface area (Å²) in [5, 5.41) is 3.27. The Bertz CT molecular complexity index is 571. The molecule has 2 rings (SSSR count). The van der Waals surface area contributed by atoms with E-state index >= 15 is 0 Å². The Hall–Kier alpha value is -1.61. The van der Waals surface area contributed by atoms with Gasteiger partial charge in [-0.25, -0.2) is 4.98 Å². The molecular weight excluding hydrogens is 234 g/mol. The molecule has 2 N–H and O–H groups in total. The zero-order valence-corrected chi connectivity index (χ0v) is 12.7. The molecule has 2 aromatic rings. The van der Waals surface area contributed by atoms with Crippen LogP contribution in [0.1, 0.15) is 36.4 Å². The van der Waals surface area contributed by atoms with Crippen molar-refractivity contribution < 1.29 is 0 Å². The zero-order chi connectivity index (χ0) is 14.2. The van der Waals surface area contributed by atoms with E-state index < -0.39 is 0 Å². The molecule has 102 valence electrons. The van der Waals surface area contributed by atoms with Gasteiger partial charge in [-0.1, -0.05) is 17.7 Å². The first-order valence-corrected chi connectivity index (χ1v) is 6.68. The van der Waals surface area contributed by atoms with E-state index in [9.17, 15) is 0 Å². The van der Waals surface area contributed by atoms with E-state index in [1.54, 1.807) is 0 Å². The third-order valence-corrected chi connectivity index (χ3v) is 3.74. The van der Waals surface area contributed by atoms with E-state index in [1.165, 1.54) is 22.3 Å². The van der Waals surface area contributed by atoms with Crippen molar-refractivity contribution >= 4 is 0 Å². The van der Waals surface area contributed by atoms with Crippen LogP contribution in [0.3, 0.4) is 0 Å². The first kappa shape index (κ1) is 13.8. The van der Waals surface area contributed by atoms with Crippen molar-refractivity contribution in [3.05, 3.63) is 40.8 Å². The van der Waals surface area contributed by atoms with E-state index in [0.717, 1.165) is 11.5 Å². The summed E-state index contributed by atoms with van der Waals surface area (Å²) in [7, 11) is 1.95. The first-order chi connectivity index (χ1) is 8.85. The van der Waals surface area contributed by atoms with Crippen molar-refractivity contribution in [3.8, 4) is 11.3 Å². The average Bonchev–Trinajstić information content (AvgIpc) is 2.77. The molecule has 0 spiro atoms. The van der Waals surface area contributed by atoms with Gasteiger partial charge in [-0.3, -0.25) is 0 Å². The normalized spacial score (nSPS) is 11.9. The highest BCUT2D eigenvalue weighted by Gasteiger charge is 2.22. The highest BCUT2D eigenvalue weighted by atomic mass is 15.0. The van der Waals surface area contributed by atoms with Gasteiger partial charge in [0, 0.05) is 5.56 Å². The van der Waals surface area contributed by atoms with Crippen LogP contribution in [0.2, 0.25) is 0 Å². The number of nitrogens with zero attached hydrogens (tertiary/aromatic N) is 1. The van der Waals surface area contributed by atoms with E-state index in [2.05, 4.69) is 62.0 Å². The van der Waals surface area contributed by atoms with Crippen LogP contribution >= 0.6 is 0 Å². The number of imidazole rings is 1. The van der Waals surface area contributed by atoms with Crippen molar-refractivity contribution in [3.63, 3.8) is 0 Å². The maximum absolute atomic E-state index is 4.52. The van der Waals surface area contributed by atoms with Crippen LogP contribution in [0.4, 0.5) is 0 Å². The summed E-state index contributed by atoms with van der Waals surface area (Å²) < 4.78 is 0. The van der Waals surface area contributed by atoms with E-state index in [-0.39, 0.29) is 5.54 Å². The van der Waals surface area contributed by atoms with Gasteiger partial charge in [-0.05, 0) is 52.8 Å². The fraction of sp³-hybridized carbons (Fsp3) is 0.438. The maximum Gasteiger partial charge on any atom is 0.126 e. The topological polar surface area (TPSA) is 40.7 Å². The summed E-state index contributed by atoms with van der Waals surface area (Å²) >= 11 is 0. The molecule has 1 heterocycles. The summed E-state index contributed by atoms with van der Waals surface area (Å²) in [5.74, 6) is 0.962. The van der Waals surface area contributed by atoms with Crippen LogP contribution < -0.4 is 5.32 Å². The molecular formula is C16H23N3. The van der Waals surface area contributed by atoms with Crippen molar-refractivity contribution in [2.24, 2.45) is 0 Å². The van der Waals surface area contributed by atoms with E-state index in [1.807, 2.05) is 13.2 Å². The Morgan fingerprint density at radius 2 is 1.68 bits per heavy atom. The van der Waals surface area contributed by atoms with Crippen LogP contribution in [0.25, 0.3) is 11.3 Å². The number of H-pyrrole nitrogens is 1. The number of hydrogen-bond donors (Lipinski definition) is 2. The largest absolute Gasteiger partial charge is 0.340 e. The van der Waals surface area contributed by atoms with Gasteiger partial charge < -0.3 is 10.3 Å². The quantitative estimate of drug-likeness (QED) is 0.884. The fourth-order valence-electron chi connectivity index (χ4n) is 2.49. The molecule has 0 saturated carbocycles. The summed E-state index contributed by atoms with van der Waals surface area (Å²) in [6, 6.07) is 4.43. The second-order valence-corrected chi connectivity index (χ2v) is 5.79. The second kappa shape index (κ2) is 4.82. The number of nitrogens with one attached hydrogen (secondary N) is 2. The highest BCUT2D eigenvalue weighted by molar-refractivity contribution is 5.67. The smallest absolute Gasteiger partial charge is 0.126 e. The van der Waals surface area contributed by atoms with Crippen LogP contribution in [-0.2, 0) is 5.54 Å². The summed E-state index contributed by atoms with van der Waals surface area (Å²) in [6.45, 7) is 10.7. The number of hydrogen-bond acceptors (Lipinski definition) is 2. The molecule has 0 fully saturated rings. The first-order valence-electron chi connectivity index (χ1n) is 6.68. The average molecular weight is 257 g/mol. The van der Waals surface area contributed by atoms with Gasteiger partial charge in [0.2, 0.25) is 0 Å². The molecule has 1 aromatic heterocycles. The fourth-order valence-corrected chi connectivity index (χ4v) is 2.49. The lowest BCUT2D eigenvalue weighted by Crippen LogP contribution is -2.34. The molecule has 0 atom stereocenters. The van der Waals surface area contributed by atoms with Crippen molar-refractivity contribution in [1.82, 2.24) is 15.3 Å². The molecule has 3 heteroatoms. The van der Waals surface area contributed by atoms with Gasteiger partial charge in [-0.2, -0.15) is 0 Å². The predicted molar refractivity (Wildman–Crippen MR) is 80.3 cm³/mol. The number of aromatic amines is 1. The van der Waals surface area contributed by atoms with Crippen molar-refractivity contribution in [2.75, 3.05) is 7.05 Å². The number of aromatic nitrogens is 2. The lowest BCUT2D eigenvalue weighted by molar-refractivity contribution is 0.421. The molecule has 19 heavy (non-hydrogen) atoms. The van der Waals surface area contributed by atoms with Gasteiger partial charge in [-0.15, -0.1) is 0 Å². The minimum absolute atomic E-state index is 0.148. The van der Waals surface area contributed by atoms with Crippen LogP contribution in [0.5, 0.6) is 0 Å². The third-order valence-electron chi connectivity index (χ3n) is 3.74. The van der Waals surface area contributed by atoms with Crippen LogP contribution in [-0.4, -0.2) is 17.0 Å². The van der Waals surface area contributed by atoms with Crippen LogP contribution in [0, 0.1) is 20.8 Å². The SMILES string of the molecule is CNC(C)(C)c1ncc(-c2c(C)cc(C)cc2C)[nH]1. The standard InChI is InChI=1S/C16H23N3/c1-10-7-11(2)14(12(3)8-10)13-9-18-15(19-13)16(4,5)17-6/h7-9,17H,1-6H3,(H,18,19). The van der Waals surface area contributed by atoms with Gasteiger partial charge in [0.15, 0.2) is 0 Å². The Balaban J connectivity index is 2.50. The molecule has 0 radical (unpaired) electrons. The minimum atomic E-state index is -0.148. The van der Waals surface area contributed by atoms with Gasteiger partial charge in [0.25, 0.3) is 0 Å². The lowest BCUT2D eigenvalue weighted by atomic mass is 9.98. The molecule has 0 aliphatic rings. The predicted octanol–water partition coefficient (Wildman–Crippen LogP) is 3.46. The molecule has 0 bridgehead atoms. The number of rotatable bonds is 3. The lowest BCUT2D eigenvalue weighted by Gasteiger charge is -2.21. The molecule has 0 saturated heterocycles. The highest BCUT2D eigenvalue weighted by Crippen LogP contribution is 2.28. The summed E-state index contributed by atoms with van der Waals surface area (Å²) in [4.78, 5) is 7.97.